The van der Waals surface area contributed by atoms with Crippen LogP contribution in [-0.2, 0) is 22.6 Å². The zero-order chi connectivity index (χ0) is 26.6. The first-order chi connectivity index (χ1) is 18.6. The Morgan fingerprint density at radius 1 is 0.895 bits per heavy atom. The summed E-state index contributed by atoms with van der Waals surface area (Å²) in [7, 11) is 0. The third kappa shape index (κ3) is 8.30. The zero-order valence-corrected chi connectivity index (χ0v) is 21.7. The zero-order valence-electron chi connectivity index (χ0n) is 21.7. The smallest absolute Gasteiger partial charge is 0.261 e. The van der Waals surface area contributed by atoms with Crippen molar-refractivity contribution in [3.63, 3.8) is 0 Å². The van der Waals surface area contributed by atoms with Gasteiger partial charge in [0.1, 0.15) is 17.6 Å². The number of allylic oxidation sites excluding steroid dienone is 1. The minimum absolute atomic E-state index is 0.160. The molecule has 6 heteroatoms. The van der Waals surface area contributed by atoms with Crippen LogP contribution in [0.15, 0.2) is 96.6 Å². The molecule has 0 saturated carbocycles. The summed E-state index contributed by atoms with van der Waals surface area (Å²) in [5.41, 5.74) is 3.06. The first kappa shape index (κ1) is 27.1. The first-order valence-electron chi connectivity index (χ1n) is 13.3. The molecule has 3 aromatic rings. The van der Waals surface area contributed by atoms with Crippen LogP contribution in [0.4, 0.5) is 4.39 Å². The Kier molecular flexibility index (Phi) is 10.1. The predicted octanol–water partition coefficient (Wildman–Crippen LogP) is 5.85. The van der Waals surface area contributed by atoms with Gasteiger partial charge in [0.15, 0.2) is 6.61 Å². The van der Waals surface area contributed by atoms with Gasteiger partial charge in [-0.05, 0) is 67.5 Å². The van der Waals surface area contributed by atoms with E-state index in [-0.39, 0.29) is 30.8 Å². The van der Waals surface area contributed by atoms with Crippen LogP contribution >= 0.6 is 0 Å². The highest BCUT2D eigenvalue weighted by Crippen LogP contribution is 2.20. The van der Waals surface area contributed by atoms with E-state index in [1.807, 2.05) is 48.5 Å². The molecule has 0 aromatic heterocycles. The molecule has 1 atom stereocenters. The van der Waals surface area contributed by atoms with Crippen LogP contribution in [0.2, 0.25) is 0 Å². The van der Waals surface area contributed by atoms with Gasteiger partial charge in [0.25, 0.3) is 5.91 Å². The molecule has 38 heavy (non-hydrogen) atoms. The second-order valence-corrected chi connectivity index (χ2v) is 9.60. The number of ether oxygens (including phenoxy) is 1. The van der Waals surface area contributed by atoms with E-state index in [1.165, 1.54) is 30.5 Å². The highest BCUT2D eigenvalue weighted by Gasteiger charge is 2.30. The van der Waals surface area contributed by atoms with Crippen molar-refractivity contribution in [2.45, 2.75) is 51.1 Å². The van der Waals surface area contributed by atoms with Gasteiger partial charge in [-0.1, -0.05) is 72.3 Å². The lowest BCUT2D eigenvalue weighted by atomic mass is 9.97. The van der Waals surface area contributed by atoms with Gasteiger partial charge >= 0.3 is 0 Å². The first-order valence-corrected chi connectivity index (χ1v) is 13.3. The number of hydrogen-bond donors (Lipinski definition) is 1. The molecule has 0 radical (unpaired) electrons. The monoisotopic (exact) mass is 514 g/mol. The van der Waals surface area contributed by atoms with Crippen molar-refractivity contribution < 1.29 is 18.7 Å². The van der Waals surface area contributed by atoms with E-state index in [0.717, 1.165) is 30.4 Å². The predicted molar refractivity (Wildman–Crippen MR) is 147 cm³/mol. The number of carbonyl (C=O) groups excluding carboxylic acids is 2. The molecule has 3 aromatic carbocycles. The molecule has 2 amide bonds. The average molecular weight is 515 g/mol. The summed E-state index contributed by atoms with van der Waals surface area (Å²) in [6.07, 6.45) is 8.04. The molecule has 0 saturated heterocycles. The lowest BCUT2D eigenvalue weighted by molar-refractivity contribution is -0.142. The number of halogens is 1. The van der Waals surface area contributed by atoms with Gasteiger partial charge in [-0.25, -0.2) is 4.39 Å². The molecular formula is C32H35FN2O3. The third-order valence-electron chi connectivity index (χ3n) is 6.77. The van der Waals surface area contributed by atoms with Gasteiger partial charge in [0, 0.05) is 19.5 Å². The van der Waals surface area contributed by atoms with Crippen molar-refractivity contribution in [2.24, 2.45) is 0 Å². The van der Waals surface area contributed by atoms with Crippen molar-refractivity contribution >= 4 is 11.8 Å². The quantitative estimate of drug-likeness (QED) is 0.309. The fraction of sp³-hybridized carbons (Fsp3) is 0.312. The van der Waals surface area contributed by atoms with E-state index in [4.69, 9.17) is 4.74 Å². The maximum atomic E-state index is 13.6. The Balaban J connectivity index is 1.55. The summed E-state index contributed by atoms with van der Waals surface area (Å²) in [4.78, 5) is 28.8. The van der Waals surface area contributed by atoms with Gasteiger partial charge in [0.2, 0.25) is 5.91 Å². The van der Waals surface area contributed by atoms with Crippen LogP contribution in [-0.4, -0.2) is 35.9 Å². The fourth-order valence-corrected chi connectivity index (χ4v) is 4.68. The number of nitrogens with zero attached hydrogens (tertiary/aromatic N) is 1. The highest BCUT2D eigenvalue weighted by atomic mass is 19.1. The second-order valence-electron chi connectivity index (χ2n) is 9.60. The standard InChI is InChI=1S/C32H35FN2O3/c33-28-18-16-27(17-19-28)23-35(31(36)24-38-29-14-8-3-9-15-29)30(22-26-12-6-2-7-13-26)32(37)34-21-20-25-10-4-1-5-11-25/h2-3,6-10,12-19,30H,1,4-5,11,20-24H2,(H,34,37)/t30-/m0/s1. The number of hydrogen-bond acceptors (Lipinski definition) is 3. The second kappa shape index (κ2) is 14.1. The van der Waals surface area contributed by atoms with Gasteiger partial charge in [-0.2, -0.15) is 0 Å². The van der Waals surface area contributed by atoms with Crippen molar-refractivity contribution in [1.82, 2.24) is 10.2 Å². The minimum Gasteiger partial charge on any atom is -0.484 e. The minimum atomic E-state index is -0.755. The number of para-hydroxylation sites is 1. The lowest BCUT2D eigenvalue weighted by Crippen LogP contribution is -2.51. The number of rotatable bonds is 12. The van der Waals surface area contributed by atoms with Gasteiger partial charge in [-0.3, -0.25) is 9.59 Å². The molecule has 0 spiro atoms. The average Bonchev–Trinajstić information content (AvgIpc) is 2.96. The summed E-state index contributed by atoms with van der Waals surface area (Å²) in [5.74, 6) is -0.299. The van der Waals surface area contributed by atoms with E-state index >= 15 is 0 Å². The maximum absolute atomic E-state index is 13.6. The molecule has 0 heterocycles. The van der Waals surface area contributed by atoms with Crippen LogP contribution in [0.1, 0.15) is 43.2 Å². The summed E-state index contributed by atoms with van der Waals surface area (Å²) in [5, 5.41) is 3.08. The van der Waals surface area contributed by atoms with E-state index in [2.05, 4.69) is 11.4 Å². The summed E-state index contributed by atoms with van der Waals surface area (Å²) >= 11 is 0. The third-order valence-corrected chi connectivity index (χ3v) is 6.77. The Morgan fingerprint density at radius 3 is 2.29 bits per heavy atom. The number of benzene rings is 3. The van der Waals surface area contributed by atoms with Crippen molar-refractivity contribution in [1.29, 1.82) is 0 Å². The topological polar surface area (TPSA) is 58.6 Å². The number of carbonyl (C=O) groups is 2. The van der Waals surface area contributed by atoms with Crippen LogP contribution in [0.5, 0.6) is 5.75 Å². The molecule has 0 aliphatic heterocycles. The van der Waals surface area contributed by atoms with Crippen molar-refractivity contribution in [3.8, 4) is 5.75 Å². The summed E-state index contributed by atoms with van der Waals surface area (Å²) in [6.45, 7) is 0.471. The van der Waals surface area contributed by atoms with E-state index in [1.54, 1.807) is 29.2 Å². The van der Waals surface area contributed by atoms with E-state index < -0.39 is 6.04 Å². The number of nitrogens with one attached hydrogen (secondary N) is 1. The summed E-state index contributed by atoms with van der Waals surface area (Å²) < 4.78 is 19.3. The highest BCUT2D eigenvalue weighted by molar-refractivity contribution is 5.88. The maximum Gasteiger partial charge on any atom is 0.261 e. The van der Waals surface area contributed by atoms with Gasteiger partial charge in [0.05, 0.1) is 0 Å². The molecule has 1 N–H and O–H groups in total. The Bertz CT molecular complexity index is 1200. The molecular weight excluding hydrogens is 479 g/mol. The molecule has 1 aliphatic carbocycles. The Hall–Kier alpha value is -3.93. The summed E-state index contributed by atoms with van der Waals surface area (Å²) in [6, 6.07) is 24.0. The van der Waals surface area contributed by atoms with Crippen LogP contribution in [0.25, 0.3) is 0 Å². The van der Waals surface area contributed by atoms with Crippen molar-refractivity contribution in [3.05, 3.63) is 114 Å². The van der Waals surface area contributed by atoms with Crippen LogP contribution in [0, 0.1) is 5.82 Å². The van der Waals surface area contributed by atoms with Gasteiger partial charge < -0.3 is 15.0 Å². The van der Waals surface area contributed by atoms with Crippen LogP contribution in [0.3, 0.4) is 0 Å². The largest absolute Gasteiger partial charge is 0.484 e. The molecule has 0 bridgehead atoms. The van der Waals surface area contributed by atoms with E-state index in [9.17, 15) is 14.0 Å². The van der Waals surface area contributed by atoms with Crippen molar-refractivity contribution in [2.75, 3.05) is 13.2 Å². The normalized spacial score (nSPS) is 13.8. The number of amides is 2. The molecule has 4 rings (SSSR count). The SMILES string of the molecule is O=C(NCCC1=CCCCC1)[C@H](Cc1ccccc1)N(Cc1ccc(F)cc1)C(=O)COc1ccccc1. The molecule has 198 valence electrons. The molecule has 1 aliphatic rings. The van der Waals surface area contributed by atoms with Crippen LogP contribution < -0.4 is 10.1 Å². The molecule has 5 nitrogen and oxygen atoms in total. The fourth-order valence-electron chi connectivity index (χ4n) is 4.68. The van der Waals surface area contributed by atoms with Gasteiger partial charge in [-0.15, -0.1) is 0 Å². The van der Waals surface area contributed by atoms with E-state index in [0.29, 0.717) is 18.7 Å². The lowest BCUT2D eigenvalue weighted by Gasteiger charge is -2.31. The Labute approximate surface area is 224 Å². The Morgan fingerprint density at radius 2 is 1.61 bits per heavy atom. The molecule has 0 unspecified atom stereocenters. The molecule has 0 fully saturated rings.